The zero-order chi connectivity index (χ0) is 6.97. The number of carbonyl (C=O) groups excluding carboxylic acids is 1. The largest absolute Gasteiger partial charge is 0.362 e. The summed E-state index contributed by atoms with van der Waals surface area (Å²) >= 11 is 1.61. The smallest absolute Gasteiger partial charge is 0.152 e. The van der Waals surface area contributed by atoms with Gasteiger partial charge in [0.05, 0.1) is 17.3 Å². The first-order valence-corrected chi connectivity index (χ1v) is 4.35. The third kappa shape index (κ3) is 0.896. The molecule has 1 fully saturated rings. The molecule has 2 unspecified atom stereocenters. The summed E-state index contributed by atoms with van der Waals surface area (Å²) in [6.07, 6.45) is 4.56. The van der Waals surface area contributed by atoms with Gasteiger partial charge >= 0.3 is 0 Å². The third-order valence-corrected chi connectivity index (χ3v) is 2.93. The minimum absolute atomic E-state index is 0.0752. The Morgan fingerprint density at radius 2 is 2.60 bits per heavy atom. The Kier molecular flexibility index (Phi) is 1.54. The predicted octanol–water partition coefficient (Wildman–Crippen LogP) is 0.974. The molecule has 0 aromatic heterocycles. The lowest BCUT2D eigenvalue weighted by molar-refractivity contribution is -0.119. The van der Waals surface area contributed by atoms with E-state index in [0.717, 1.165) is 0 Å². The Hall–Kier alpha value is -0.280. The lowest BCUT2D eigenvalue weighted by Crippen LogP contribution is -2.28. The molecule has 0 spiro atoms. The highest BCUT2D eigenvalue weighted by Gasteiger charge is 2.34. The summed E-state index contributed by atoms with van der Waals surface area (Å²) in [6.45, 7) is 0. The summed E-state index contributed by atoms with van der Waals surface area (Å²) in [5.74, 6) is 0.987. The van der Waals surface area contributed by atoms with Crippen molar-refractivity contribution in [3.8, 4) is 0 Å². The van der Waals surface area contributed by atoms with Gasteiger partial charge < -0.3 is 4.74 Å². The summed E-state index contributed by atoms with van der Waals surface area (Å²) < 4.78 is 5.28. The Balaban J connectivity index is 2.22. The highest BCUT2D eigenvalue weighted by molar-refractivity contribution is 8.00. The standard InChI is InChI=1S/C7H8O2S/c8-5-2-1-3-6-7(5)10-4-9-6/h1,3,6-7H,2,4H2. The van der Waals surface area contributed by atoms with Gasteiger partial charge in [0.15, 0.2) is 5.78 Å². The molecule has 54 valence electrons. The number of ether oxygens (including phenoxy) is 1. The van der Waals surface area contributed by atoms with Gasteiger partial charge in [-0.1, -0.05) is 12.2 Å². The molecule has 0 aromatic rings. The minimum atomic E-state index is 0.0752. The van der Waals surface area contributed by atoms with Crippen LogP contribution in [0.5, 0.6) is 0 Å². The quantitative estimate of drug-likeness (QED) is 0.489. The Bertz CT molecular complexity index is 188. The van der Waals surface area contributed by atoms with E-state index < -0.39 is 0 Å². The van der Waals surface area contributed by atoms with E-state index in [1.807, 2.05) is 12.2 Å². The second-order valence-corrected chi connectivity index (χ2v) is 3.51. The predicted molar refractivity (Wildman–Crippen MR) is 39.9 cm³/mol. The molecule has 0 N–H and O–H groups in total. The number of hydrogen-bond donors (Lipinski definition) is 0. The van der Waals surface area contributed by atoms with Crippen molar-refractivity contribution in [2.24, 2.45) is 0 Å². The minimum Gasteiger partial charge on any atom is -0.362 e. The van der Waals surface area contributed by atoms with Crippen molar-refractivity contribution in [1.82, 2.24) is 0 Å². The number of rotatable bonds is 0. The van der Waals surface area contributed by atoms with Crippen LogP contribution in [-0.4, -0.2) is 23.1 Å². The zero-order valence-corrected chi connectivity index (χ0v) is 6.26. The summed E-state index contributed by atoms with van der Waals surface area (Å²) in [4.78, 5) is 11.1. The van der Waals surface area contributed by atoms with Gasteiger partial charge in [-0.15, -0.1) is 11.8 Å². The number of thioether (sulfide) groups is 1. The second-order valence-electron chi connectivity index (χ2n) is 2.43. The number of allylic oxidation sites excluding steroid dienone is 1. The molecule has 1 aliphatic carbocycles. The van der Waals surface area contributed by atoms with Crippen molar-refractivity contribution in [2.45, 2.75) is 17.8 Å². The van der Waals surface area contributed by atoms with Gasteiger partial charge in [-0.3, -0.25) is 4.79 Å². The van der Waals surface area contributed by atoms with E-state index in [4.69, 9.17) is 4.74 Å². The topological polar surface area (TPSA) is 26.3 Å². The lowest BCUT2D eigenvalue weighted by atomic mass is 10.0. The molecule has 1 aliphatic heterocycles. The Morgan fingerprint density at radius 1 is 1.70 bits per heavy atom. The number of Topliss-reactive ketones (excluding diaryl/α,β-unsaturated/α-hetero) is 1. The van der Waals surface area contributed by atoms with Gasteiger partial charge in [0.1, 0.15) is 0 Å². The van der Waals surface area contributed by atoms with Gasteiger partial charge in [0.25, 0.3) is 0 Å². The molecular weight excluding hydrogens is 148 g/mol. The number of hydrogen-bond acceptors (Lipinski definition) is 3. The van der Waals surface area contributed by atoms with Crippen LogP contribution in [0.3, 0.4) is 0 Å². The van der Waals surface area contributed by atoms with Crippen LogP contribution in [0.1, 0.15) is 6.42 Å². The van der Waals surface area contributed by atoms with Crippen molar-refractivity contribution in [3.05, 3.63) is 12.2 Å². The van der Waals surface area contributed by atoms with Gasteiger partial charge in [-0.25, -0.2) is 0 Å². The molecule has 0 saturated carbocycles. The second kappa shape index (κ2) is 2.40. The fourth-order valence-electron chi connectivity index (χ4n) is 1.24. The van der Waals surface area contributed by atoms with Crippen LogP contribution >= 0.6 is 11.8 Å². The van der Waals surface area contributed by atoms with E-state index in [1.165, 1.54) is 0 Å². The van der Waals surface area contributed by atoms with Gasteiger partial charge in [-0.2, -0.15) is 0 Å². The summed E-state index contributed by atoms with van der Waals surface area (Å²) in [6, 6.07) is 0. The zero-order valence-electron chi connectivity index (χ0n) is 5.45. The SMILES string of the molecule is O=C1CC=CC2OCSC12. The first-order chi connectivity index (χ1) is 4.88. The van der Waals surface area contributed by atoms with Crippen molar-refractivity contribution < 1.29 is 9.53 Å². The number of ketones is 1. The highest BCUT2D eigenvalue weighted by atomic mass is 32.2. The van der Waals surface area contributed by atoms with Gasteiger partial charge in [0.2, 0.25) is 0 Å². The molecule has 1 heterocycles. The van der Waals surface area contributed by atoms with Gasteiger partial charge in [0, 0.05) is 6.42 Å². The molecule has 10 heavy (non-hydrogen) atoms. The van der Waals surface area contributed by atoms with Crippen LogP contribution < -0.4 is 0 Å². The van der Waals surface area contributed by atoms with Crippen LogP contribution in [-0.2, 0) is 9.53 Å². The fourth-order valence-corrected chi connectivity index (χ4v) is 2.26. The van der Waals surface area contributed by atoms with E-state index in [-0.39, 0.29) is 11.4 Å². The maximum absolute atomic E-state index is 11.1. The Labute approximate surface area is 63.6 Å². The van der Waals surface area contributed by atoms with E-state index in [9.17, 15) is 4.79 Å². The lowest BCUT2D eigenvalue weighted by Gasteiger charge is -2.15. The van der Waals surface area contributed by atoms with Crippen LogP contribution in [0.4, 0.5) is 0 Å². The van der Waals surface area contributed by atoms with Crippen LogP contribution in [0, 0.1) is 0 Å². The van der Waals surface area contributed by atoms with E-state index >= 15 is 0 Å². The van der Waals surface area contributed by atoms with Crippen LogP contribution in [0.15, 0.2) is 12.2 Å². The van der Waals surface area contributed by atoms with Crippen molar-refractivity contribution in [3.63, 3.8) is 0 Å². The van der Waals surface area contributed by atoms with Crippen molar-refractivity contribution in [2.75, 3.05) is 5.94 Å². The van der Waals surface area contributed by atoms with E-state index in [1.54, 1.807) is 11.8 Å². The maximum atomic E-state index is 11.1. The van der Waals surface area contributed by atoms with Gasteiger partial charge in [-0.05, 0) is 0 Å². The first-order valence-electron chi connectivity index (χ1n) is 3.30. The van der Waals surface area contributed by atoms with E-state index in [2.05, 4.69) is 0 Å². The van der Waals surface area contributed by atoms with Crippen molar-refractivity contribution >= 4 is 17.5 Å². The molecule has 3 heteroatoms. The maximum Gasteiger partial charge on any atom is 0.152 e. The molecule has 2 aliphatic rings. The summed E-state index contributed by atoms with van der Waals surface area (Å²) in [7, 11) is 0. The van der Waals surface area contributed by atoms with Crippen molar-refractivity contribution in [1.29, 1.82) is 0 Å². The average molecular weight is 156 g/mol. The number of fused-ring (bicyclic) bond motifs is 1. The molecule has 2 atom stereocenters. The Morgan fingerprint density at radius 3 is 3.40 bits per heavy atom. The van der Waals surface area contributed by atoms with E-state index in [0.29, 0.717) is 18.1 Å². The molecule has 2 rings (SSSR count). The fraction of sp³-hybridized carbons (Fsp3) is 0.571. The first kappa shape index (κ1) is 6.43. The van der Waals surface area contributed by atoms with Crippen LogP contribution in [0.2, 0.25) is 0 Å². The third-order valence-electron chi connectivity index (χ3n) is 1.77. The molecule has 2 nitrogen and oxygen atoms in total. The van der Waals surface area contributed by atoms with Crippen LogP contribution in [0.25, 0.3) is 0 Å². The summed E-state index contributed by atoms with van der Waals surface area (Å²) in [5.41, 5.74) is 0. The normalized spacial score (nSPS) is 38.2. The average Bonchev–Trinajstić information content (AvgIpc) is 2.36. The molecule has 0 aromatic carbocycles. The monoisotopic (exact) mass is 156 g/mol. The summed E-state index contributed by atoms with van der Waals surface area (Å²) in [5, 5.41) is 0.102. The highest BCUT2D eigenvalue weighted by Crippen LogP contribution is 2.30. The molecular formula is C7H8O2S. The molecule has 1 saturated heterocycles. The molecule has 0 radical (unpaired) electrons. The molecule has 0 amide bonds. The molecule has 0 bridgehead atoms. The number of carbonyl (C=O) groups is 1.